The van der Waals surface area contributed by atoms with Crippen LogP contribution in [-0.4, -0.2) is 31.0 Å². The highest BCUT2D eigenvalue weighted by Gasteiger charge is 2.47. The molecule has 0 radical (unpaired) electrons. The number of carbonyl (C=O) groups excluding carboxylic acids is 2. The van der Waals surface area contributed by atoms with E-state index in [1.54, 1.807) is 66.7 Å². The Bertz CT molecular complexity index is 1270. The molecule has 1 heterocycles. The van der Waals surface area contributed by atoms with Crippen LogP contribution in [0.5, 0.6) is 11.5 Å². The summed E-state index contributed by atoms with van der Waals surface area (Å²) < 4.78 is 10.8. The summed E-state index contributed by atoms with van der Waals surface area (Å²) in [5.41, 5.74) is 2.27. The summed E-state index contributed by atoms with van der Waals surface area (Å²) in [5, 5.41) is 11.6. The summed E-state index contributed by atoms with van der Waals surface area (Å²) in [6.45, 7) is 1.85. The Labute approximate surface area is 196 Å². The van der Waals surface area contributed by atoms with Gasteiger partial charge in [-0.25, -0.2) is 0 Å². The molecule has 3 aromatic rings. The first-order valence-electron chi connectivity index (χ1n) is 10.2. The van der Waals surface area contributed by atoms with E-state index in [0.29, 0.717) is 33.3 Å². The average molecular weight is 464 g/mol. The van der Waals surface area contributed by atoms with Gasteiger partial charge in [0.1, 0.15) is 5.76 Å². The smallest absolute Gasteiger partial charge is 0.300 e. The van der Waals surface area contributed by atoms with Crippen LogP contribution in [-0.2, 0) is 9.59 Å². The van der Waals surface area contributed by atoms with E-state index in [1.165, 1.54) is 19.1 Å². The van der Waals surface area contributed by atoms with Crippen LogP contribution in [0.1, 0.15) is 22.7 Å². The Morgan fingerprint density at radius 3 is 2.27 bits per heavy atom. The Hall–Kier alpha value is -3.77. The number of nitrogens with zero attached hydrogens (tertiary/aromatic N) is 1. The Kier molecular flexibility index (Phi) is 6.11. The zero-order valence-electron chi connectivity index (χ0n) is 18.3. The van der Waals surface area contributed by atoms with Crippen molar-refractivity contribution in [3.63, 3.8) is 0 Å². The molecule has 1 aliphatic heterocycles. The highest BCUT2D eigenvalue weighted by Crippen LogP contribution is 2.44. The van der Waals surface area contributed by atoms with E-state index in [0.717, 1.165) is 5.56 Å². The molecule has 168 valence electrons. The predicted molar refractivity (Wildman–Crippen MR) is 127 cm³/mol. The number of benzene rings is 3. The number of anilines is 1. The lowest BCUT2D eigenvalue weighted by atomic mass is 9.94. The van der Waals surface area contributed by atoms with Crippen LogP contribution in [0, 0.1) is 6.92 Å². The van der Waals surface area contributed by atoms with Crippen LogP contribution in [0.15, 0.2) is 72.3 Å². The van der Waals surface area contributed by atoms with Crippen LogP contribution in [0.25, 0.3) is 5.76 Å². The predicted octanol–water partition coefficient (Wildman–Crippen LogP) is 5.29. The lowest BCUT2D eigenvalue weighted by molar-refractivity contribution is -0.132. The first-order chi connectivity index (χ1) is 15.9. The fourth-order valence-corrected chi connectivity index (χ4v) is 4.10. The quantitative estimate of drug-likeness (QED) is 0.316. The minimum atomic E-state index is -0.899. The van der Waals surface area contributed by atoms with Gasteiger partial charge in [0.2, 0.25) is 0 Å². The Morgan fingerprint density at radius 2 is 1.64 bits per heavy atom. The molecule has 7 heteroatoms. The second kappa shape index (κ2) is 9.00. The van der Waals surface area contributed by atoms with Crippen molar-refractivity contribution < 1.29 is 24.2 Å². The number of methoxy groups -OCH3 is 2. The summed E-state index contributed by atoms with van der Waals surface area (Å²) in [6, 6.07) is 18.0. The summed E-state index contributed by atoms with van der Waals surface area (Å²) in [4.78, 5) is 27.8. The number of hydrogen-bond acceptors (Lipinski definition) is 5. The largest absolute Gasteiger partial charge is 0.507 e. The van der Waals surface area contributed by atoms with Gasteiger partial charge in [-0.1, -0.05) is 54.1 Å². The second-order valence-electron chi connectivity index (χ2n) is 7.58. The minimum absolute atomic E-state index is 0.0184. The maximum atomic E-state index is 13.2. The van der Waals surface area contributed by atoms with Gasteiger partial charge in [-0.3, -0.25) is 14.5 Å². The SMILES string of the molecule is COc1ccc([C@H]2C(=C(O)c3ccccc3)C(=O)C(=O)N2c2ccc(C)c(Cl)c2)cc1OC. The van der Waals surface area contributed by atoms with Crippen LogP contribution in [0.2, 0.25) is 5.02 Å². The van der Waals surface area contributed by atoms with Gasteiger partial charge in [-0.2, -0.15) is 0 Å². The fraction of sp³-hybridized carbons (Fsp3) is 0.154. The number of aliphatic hydroxyl groups is 1. The van der Waals surface area contributed by atoms with Crippen molar-refractivity contribution in [3.05, 3.63) is 94.0 Å². The maximum absolute atomic E-state index is 13.2. The molecule has 0 aliphatic carbocycles. The van der Waals surface area contributed by atoms with Crippen LogP contribution < -0.4 is 14.4 Å². The van der Waals surface area contributed by atoms with Crippen molar-refractivity contribution in [2.24, 2.45) is 0 Å². The molecule has 1 saturated heterocycles. The normalized spacial score (nSPS) is 17.3. The molecule has 33 heavy (non-hydrogen) atoms. The third-order valence-corrected chi connectivity index (χ3v) is 6.06. The van der Waals surface area contributed by atoms with E-state index in [1.807, 2.05) is 6.92 Å². The Balaban J connectivity index is 1.98. The van der Waals surface area contributed by atoms with Crippen LogP contribution in [0.4, 0.5) is 5.69 Å². The number of ether oxygens (including phenoxy) is 2. The van der Waals surface area contributed by atoms with Crippen molar-refractivity contribution in [1.29, 1.82) is 0 Å². The molecule has 1 fully saturated rings. The van der Waals surface area contributed by atoms with Gasteiger partial charge >= 0.3 is 0 Å². The van der Waals surface area contributed by atoms with Gasteiger partial charge in [0.15, 0.2) is 11.5 Å². The number of ketones is 1. The van der Waals surface area contributed by atoms with Crippen molar-refractivity contribution >= 4 is 34.7 Å². The van der Waals surface area contributed by atoms with Crippen LogP contribution >= 0.6 is 11.6 Å². The maximum Gasteiger partial charge on any atom is 0.300 e. The molecule has 0 bridgehead atoms. The molecule has 1 N–H and O–H groups in total. The number of aliphatic hydroxyl groups excluding tert-OH is 1. The van der Waals surface area contributed by atoms with Gasteiger partial charge in [0.05, 0.1) is 25.8 Å². The number of halogens is 1. The molecule has 0 spiro atoms. The molecule has 1 amide bonds. The molecule has 6 nitrogen and oxygen atoms in total. The fourth-order valence-electron chi connectivity index (χ4n) is 3.92. The average Bonchev–Trinajstić information content (AvgIpc) is 3.10. The van der Waals surface area contributed by atoms with Gasteiger partial charge in [0.25, 0.3) is 11.7 Å². The van der Waals surface area contributed by atoms with Crippen molar-refractivity contribution in [2.75, 3.05) is 19.1 Å². The van der Waals surface area contributed by atoms with E-state index < -0.39 is 17.7 Å². The first kappa shape index (κ1) is 22.4. The highest BCUT2D eigenvalue weighted by atomic mass is 35.5. The third-order valence-electron chi connectivity index (χ3n) is 5.65. The molecule has 0 saturated carbocycles. The van der Waals surface area contributed by atoms with Gasteiger partial charge in [-0.15, -0.1) is 0 Å². The zero-order valence-corrected chi connectivity index (χ0v) is 19.1. The van der Waals surface area contributed by atoms with Crippen molar-refractivity contribution in [1.82, 2.24) is 0 Å². The molecule has 1 atom stereocenters. The number of Topliss-reactive ketones (excluding diaryl/α,β-unsaturated/α-hetero) is 1. The molecule has 4 rings (SSSR count). The summed E-state index contributed by atoms with van der Waals surface area (Å²) in [5.74, 6) is -0.864. The van der Waals surface area contributed by atoms with E-state index in [2.05, 4.69) is 0 Å². The van der Waals surface area contributed by atoms with Gasteiger partial charge in [-0.05, 0) is 42.3 Å². The topological polar surface area (TPSA) is 76.1 Å². The molecular formula is C26H22ClNO5. The summed E-state index contributed by atoms with van der Waals surface area (Å²) in [6.07, 6.45) is 0. The number of amides is 1. The molecule has 1 aliphatic rings. The number of hydrogen-bond donors (Lipinski definition) is 1. The summed E-state index contributed by atoms with van der Waals surface area (Å²) in [7, 11) is 3.02. The zero-order chi connectivity index (χ0) is 23.7. The standard InChI is InChI=1S/C26H22ClNO5/c1-15-9-11-18(14-19(15)27)28-23(17-10-12-20(32-2)21(13-17)33-3)22(25(30)26(28)31)24(29)16-7-5-4-6-8-16/h4-14,23,29H,1-3H3/t23-/m0/s1. The van der Waals surface area contributed by atoms with Gasteiger partial charge < -0.3 is 14.6 Å². The first-order valence-corrected chi connectivity index (χ1v) is 10.6. The monoisotopic (exact) mass is 463 g/mol. The van der Waals surface area contributed by atoms with E-state index in [-0.39, 0.29) is 11.3 Å². The van der Waals surface area contributed by atoms with Crippen molar-refractivity contribution in [2.45, 2.75) is 13.0 Å². The minimum Gasteiger partial charge on any atom is -0.507 e. The molecule has 3 aromatic carbocycles. The number of rotatable bonds is 5. The lowest BCUT2D eigenvalue weighted by Crippen LogP contribution is -2.29. The number of carbonyl (C=O) groups is 2. The highest BCUT2D eigenvalue weighted by molar-refractivity contribution is 6.51. The van der Waals surface area contributed by atoms with Crippen LogP contribution in [0.3, 0.4) is 0 Å². The third kappa shape index (κ3) is 3.94. The molecule has 0 unspecified atom stereocenters. The summed E-state index contributed by atoms with van der Waals surface area (Å²) >= 11 is 6.33. The second-order valence-corrected chi connectivity index (χ2v) is 7.99. The molecule has 0 aromatic heterocycles. The van der Waals surface area contributed by atoms with Gasteiger partial charge in [0, 0.05) is 16.3 Å². The Morgan fingerprint density at radius 1 is 0.939 bits per heavy atom. The van der Waals surface area contributed by atoms with Crippen molar-refractivity contribution in [3.8, 4) is 11.5 Å². The van der Waals surface area contributed by atoms with E-state index in [4.69, 9.17) is 21.1 Å². The lowest BCUT2D eigenvalue weighted by Gasteiger charge is -2.26. The van der Waals surface area contributed by atoms with E-state index >= 15 is 0 Å². The molecular weight excluding hydrogens is 442 g/mol. The number of aryl methyl sites for hydroxylation is 1. The van der Waals surface area contributed by atoms with E-state index in [9.17, 15) is 14.7 Å².